The van der Waals surface area contributed by atoms with Crippen molar-refractivity contribution in [3.63, 3.8) is 0 Å². The second-order valence-corrected chi connectivity index (χ2v) is 12.9. The molecule has 2 aromatic rings. The molecule has 0 aliphatic heterocycles. The van der Waals surface area contributed by atoms with Crippen molar-refractivity contribution in [1.29, 1.82) is 0 Å². The smallest absolute Gasteiger partial charge is 0.293 e. The highest BCUT2D eigenvalue weighted by Crippen LogP contribution is 2.39. The molecular weight excluding hydrogens is 360 g/mol. The fraction of sp³-hybridized carbons (Fsp3) is 0.611. The molecule has 0 saturated heterocycles. The zero-order valence-electron chi connectivity index (χ0n) is 17.5. The van der Waals surface area contributed by atoms with Crippen LogP contribution in [-0.2, 0) is 4.43 Å². The number of carbonyl (C=O) groups excluding carboxylic acids is 1. The number of carbonyl (C=O) groups is 1. The van der Waals surface area contributed by atoms with Gasteiger partial charge in [0.15, 0.2) is 14.1 Å². The second kappa shape index (κ2) is 7.85. The Morgan fingerprint density at radius 2 is 1.89 bits per heavy atom. The van der Waals surface area contributed by atoms with E-state index in [-0.39, 0.29) is 22.9 Å². The van der Waals surface area contributed by atoms with Crippen molar-refractivity contribution in [1.82, 2.24) is 29.6 Å². The van der Waals surface area contributed by atoms with Crippen LogP contribution in [-0.4, -0.2) is 57.4 Å². The van der Waals surface area contributed by atoms with Gasteiger partial charge in [-0.3, -0.25) is 9.78 Å². The first-order valence-electron chi connectivity index (χ1n) is 9.14. The third-order valence-electron chi connectivity index (χ3n) is 5.09. The van der Waals surface area contributed by atoms with Crippen LogP contribution in [0.3, 0.4) is 0 Å². The lowest BCUT2D eigenvalue weighted by Gasteiger charge is -2.38. The van der Waals surface area contributed by atoms with E-state index >= 15 is 0 Å². The quantitative estimate of drug-likeness (QED) is 0.704. The number of nitrogens with zero attached hydrogens (tertiary/aromatic N) is 6. The standard InChI is InChI=1S/C18H30N6O2Si/c1-9-23(6)17(25)15-21-12-24(22-15)16-14(19-10-11-20-16)13(2)26-27(7,8)18(3,4)5/h10-13H,9H2,1-8H3. The van der Waals surface area contributed by atoms with Gasteiger partial charge >= 0.3 is 0 Å². The Balaban J connectivity index is 2.34. The summed E-state index contributed by atoms with van der Waals surface area (Å²) in [5, 5.41) is 4.39. The fourth-order valence-corrected chi connectivity index (χ4v) is 3.61. The molecule has 9 heteroatoms. The molecule has 27 heavy (non-hydrogen) atoms. The van der Waals surface area contributed by atoms with E-state index in [1.165, 1.54) is 11.0 Å². The molecule has 0 aliphatic carbocycles. The SMILES string of the molecule is CCN(C)C(=O)c1ncn(-c2nccnc2C(C)O[Si](C)(C)C(C)(C)C)n1. The highest BCUT2D eigenvalue weighted by atomic mass is 28.4. The van der Waals surface area contributed by atoms with Gasteiger partial charge in [0.1, 0.15) is 12.0 Å². The van der Waals surface area contributed by atoms with Crippen molar-refractivity contribution in [3.05, 3.63) is 30.2 Å². The zero-order chi connectivity index (χ0) is 20.4. The largest absolute Gasteiger partial charge is 0.408 e. The first kappa shape index (κ1) is 21.2. The average molecular weight is 391 g/mol. The van der Waals surface area contributed by atoms with Gasteiger partial charge in [-0.2, -0.15) is 4.68 Å². The minimum Gasteiger partial charge on any atom is -0.408 e. The monoisotopic (exact) mass is 390 g/mol. The molecule has 0 aromatic carbocycles. The van der Waals surface area contributed by atoms with Crippen LogP contribution >= 0.6 is 0 Å². The normalized spacial score (nSPS) is 13.5. The number of aromatic nitrogens is 5. The van der Waals surface area contributed by atoms with E-state index in [1.807, 2.05) is 13.8 Å². The van der Waals surface area contributed by atoms with Crippen LogP contribution in [0.15, 0.2) is 18.7 Å². The summed E-state index contributed by atoms with van der Waals surface area (Å²) in [5.41, 5.74) is 0.676. The Kier molecular flexibility index (Phi) is 6.16. The molecule has 0 spiro atoms. The summed E-state index contributed by atoms with van der Waals surface area (Å²) in [4.78, 5) is 26.8. The first-order valence-corrected chi connectivity index (χ1v) is 12.0. The summed E-state index contributed by atoms with van der Waals surface area (Å²) in [6.07, 6.45) is 4.47. The molecule has 1 atom stereocenters. The van der Waals surface area contributed by atoms with Crippen LogP contribution in [0.5, 0.6) is 0 Å². The zero-order valence-corrected chi connectivity index (χ0v) is 18.5. The van der Waals surface area contributed by atoms with Crippen LogP contribution in [0.4, 0.5) is 0 Å². The predicted molar refractivity (Wildman–Crippen MR) is 106 cm³/mol. The molecule has 2 heterocycles. The second-order valence-electron chi connectivity index (χ2n) is 8.12. The molecular formula is C18H30N6O2Si. The van der Waals surface area contributed by atoms with Crippen molar-refractivity contribution >= 4 is 14.2 Å². The average Bonchev–Trinajstić information content (AvgIpc) is 3.08. The van der Waals surface area contributed by atoms with Crippen LogP contribution in [0.25, 0.3) is 5.82 Å². The molecule has 2 rings (SSSR count). The topological polar surface area (TPSA) is 86.0 Å². The Bertz CT molecular complexity index is 799. The molecule has 0 aliphatic rings. The number of amides is 1. The van der Waals surface area contributed by atoms with Crippen molar-refractivity contribution < 1.29 is 9.22 Å². The third kappa shape index (κ3) is 4.59. The minimum absolute atomic E-state index is 0.0845. The van der Waals surface area contributed by atoms with Gasteiger partial charge in [-0.05, 0) is 32.0 Å². The molecule has 2 aromatic heterocycles. The summed E-state index contributed by atoms with van der Waals surface area (Å²) in [7, 11) is -0.267. The Labute approximate surface area is 162 Å². The molecule has 0 radical (unpaired) electrons. The van der Waals surface area contributed by atoms with E-state index in [0.717, 1.165) is 0 Å². The third-order valence-corrected chi connectivity index (χ3v) is 9.65. The van der Waals surface area contributed by atoms with Gasteiger partial charge in [0.2, 0.25) is 5.82 Å². The first-order chi connectivity index (χ1) is 12.5. The van der Waals surface area contributed by atoms with E-state index in [4.69, 9.17) is 4.43 Å². The number of hydrogen-bond acceptors (Lipinski definition) is 6. The Morgan fingerprint density at radius 3 is 2.48 bits per heavy atom. The summed E-state index contributed by atoms with van der Waals surface area (Å²) in [5.74, 6) is 0.426. The maximum absolute atomic E-state index is 12.3. The molecule has 1 unspecified atom stereocenters. The highest BCUT2D eigenvalue weighted by Gasteiger charge is 2.39. The van der Waals surface area contributed by atoms with E-state index in [1.54, 1.807) is 24.3 Å². The summed E-state index contributed by atoms with van der Waals surface area (Å²) >= 11 is 0. The van der Waals surface area contributed by atoms with Crippen LogP contribution in [0.1, 0.15) is 57.0 Å². The molecule has 148 valence electrons. The summed E-state index contributed by atoms with van der Waals surface area (Å²) in [6.45, 7) is 15.5. The van der Waals surface area contributed by atoms with Crippen molar-refractivity contribution in [2.45, 2.75) is 58.9 Å². The fourth-order valence-electron chi connectivity index (χ4n) is 2.26. The van der Waals surface area contributed by atoms with Crippen molar-refractivity contribution in [3.8, 4) is 5.82 Å². The van der Waals surface area contributed by atoms with Crippen LogP contribution in [0.2, 0.25) is 18.1 Å². The number of rotatable bonds is 6. The maximum Gasteiger partial charge on any atom is 0.293 e. The minimum atomic E-state index is -1.98. The summed E-state index contributed by atoms with van der Waals surface area (Å²) in [6, 6.07) is 0. The molecule has 0 bridgehead atoms. The Morgan fingerprint density at radius 1 is 1.26 bits per heavy atom. The maximum atomic E-state index is 12.3. The van der Waals surface area contributed by atoms with Gasteiger partial charge in [0.25, 0.3) is 5.91 Å². The molecule has 0 N–H and O–H groups in total. The molecule has 0 saturated carbocycles. The van der Waals surface area contributed by atoms with Gasteiger partial charge in [0, 0.05) is 26.0 Å². The summed E-state index contributed by atoms with van der Waals surface area (Å²) < 4.78 is 7.95. The van der Waals surface area contributed by atoms with E-state index in [0.29, 0.717) is 18.1 Å². The van der Waals surface area contributed by atoms with E-state index in [2.05, 4.69) is 53.9 Å². The van der Waals surface area contributed by atoms with Crippen LogP contribution in [0, 0.1) is 0 Å². The van der Waals surface area contributed by atoms with E-state index < -0.39 is 8.32 Å². The van der Waals surface area contributed by atoms with Gasteiger partial charge in [-0.15, -0.1) is 5.10 Å². The Hall–Kier alpha value is -2.13. The lowest BCUT2D eigenvalue weighted by molar-refractivity contribution is 0.0790. The molecule has 0 fully saturated rings. The predicted octanol–water partition coefficient (Wildman–Crippen LogP) is 3.23. The van der Waals surface area contributed by atoms with Crippen LogP contribution < -0.4 is 0 Å². The van der Waals surface area contributed by atoms with Gasteiger partial charge < -0.3 is 9.33 Å². The van der Waals surface area contributed by atoms with Gasteiger partial charge in [-0.1, -0.05) is 20.8 Å². The molecule has 8 nitrogen and oxygen atoms in total. The van der Waals surface area contributed by atoms with E-state index in [9.17, 15) is 4.79 Å². The number of hydrogen-bond donors (Lipinski definition) is 0. The van der Waals surface area contributed by atoms with Crippen molar-refractivity contribution in [2.75, 3.05) is 13.6 Å². The van der Waals surface area contributed by atoms with Gasteiger partial charge in [-0.25, -0.2) is 9.97 Å². The lowest BCUT2D eigenvalue weighted by atomic mass is 10.2. The van der Waals surface area contributed by atoms with Gasteiger partial charge in [0.05, 0.1) is 6.10 Å². The lowest BCUT2D eigenvalue weighted by Crippen LogP contribution is -2.41. The molecule has 1 amide bonds. The highest BCUT2D eigenvalue weighted by molar-refractivity contribution is 6.74. The van der Waals surface area contributed by atoms with Crippen molar-refractivity contribution in [2.24, 2.45) is 0 Å².